The number of nitrogens with two attached hydrogens (primary N) is 1. The first-order valence-corrected chi connectivity index (χ1v) is 6.51. The lowest BCUT2D eigenvalue weighted by Crippen LogP contribution is -2.39. The van der Waals surface area contributed by atoms with Gasteiger partial charge in [-0.1, -0.05) is 6.92 Å². The van der Waals surface area contributed by atoms with E-state index in [-0.39, 0.29) is 6.09 Å². The van der Waals surface area contributed by atoms with Crippen LogP contribution in [0.15, 0.2) is 0 Å². The monoisotopic (exact) mass is 242 g/mol. The highest BCUT2D eigenvalue weighted by molar-refractivity contribution is 5.68. The molecule has 2 atom stereocenters. The number of ether oxygens (including phenoxy) is 1. The molecule has 2 N–H and O–H groups in total. The van der Waals surface area contributed by atoms with Gasteiger partial charge in [0, 0.05) is 13.1 Å². The van der Waals surface area contributed by atoms with Crippen LogP contribution < -0.4 is 5.73 Å². The maximum atomic E-state index is 12.0. The van der Waals surface area contributed by atoms with E-state index in [0.29, 0.717) is 18.4 Å². The molecule has 0 radical (unpaired) electrons. The minimum atomic E-state index is -0.417. The number of rotatable bonds is 1. The smallest absolute Gasteiger partial charge is 0.410 e. The molecule has 1 aliphatic heterocycles. The largest absolute Gasteiger partial charge is 0.444 e. The molecule has 1 heterocycles. The molecule has 1 rings (SSSR count). The van der Waals surface area contributed by atoms with Crippen LogP contribution in [-0.2, 0) is 4.74 Å². The molecule has 0 unspecified atom stereocenters. The highest BCUT2D eigenvalue weighted by Gasteiger charge is 2.28. The van der Waals surface area contributed by atoms with Gasteiger partial charge in [0.15, 0.2) is 0 Å². The number of amides is 1. The third-order valence-electron chi connectivity index (χ3n) is 3.27. The van der Waals surface area contributed by atoms with Crippen LogP contribution in [0, 0.1) is 11.8 Å². The fourth-order valence-corrected chi connectivity index (χ4v) is 2.26. The quantitative estimate of drug-likeness (QED) is 0.767. The first kappa shape index (κ1) is 14.3. The zero-order valence-corrected chi connectivity index (χ0v) is 11.5. The van der Waals surface area contributed by atoms with Gasteiger partial charge in [-0.05, 0) is 52.0 Å². The summed E-state index contributed by atoms with van der Waals surface area (Å²) in [6.07, 6.45) is 1.93. The van der Waals surface area contributed by atoms with Gasteiger partial charge >= 0.3 is 6.09 Å². The van der Waals surface area contributed by atoms with Crippen LogP contribution in [-0.4, -0.2) is 36.2 Å². The van der Waals surface area contributed by atoms with Crippen molar-refractivity contribution in [1.82, 2.24) is 4.90 Å². The van der Waals surface area contributed by atoms with Crippen molar-refractivity contribution in [3.05, 3.63) is 0 Å². The third kappa shape index (κ3) is 4.54. The number of nitrogens with zero attached hydrogens (tertiary/aromatic N) is 1. The summed E-state index contributed by atoms with van der Waals surface area (Å²) in [5.74, 6) is 0.984. The van der Waals surface area contributed by atoms with Gasteiger partial charge in [-0.15, -0.1) is 0 Å². The maximum Gasteiger partial charge on any atom is 0.410 e. The second-order valence-corrected chi connectivity index (χ2v) is 6.04. The lowest BCUT2D eigenvalue weighted by Gasteiger charge is -2.28. The number of hydrogen-bond acceptors (Lipinski definition) is 3. The minimum absolute atomic E-state index is 0.193. The standard InChI is InChI=1S/C13H26N2O2/c1-10-9-15(7-5-6-11(10)8-14)12(16)17-13(2,3)4/h10-11H,5-9,14H2,1-4H3/t10-,11+/m0/s1. The van der Waals surface area contributed by atoms with E-state index in [1.165, 1.54) is 0 Å². The van der Waals surface area contributed by atoms with Crippen LogP contribution in [0.5, 0.6) is 0 Å². The summed E-state index contributed by atoms with van der Waals surface area (Å²) in [7, 11) is 0. The normalized spacial score (nSPS) is 26.5. The Kier molecular flexibility index (Phi) is 4.80. The number of carbonyl (C=O) groups excluding carboxylic acids is 1. The highest BCUT2D eigenvalue weighted by atomic mass is 16.6. The Morgan fingerprint density at radius 1 is 1.47 bits per heavy atom. The number of likely N-dealkylation sites (tertiary alicyclic amines) is 1. The Morgan fingerprint density at radius 2 is 2.12 bits per heavy atom. The summed E-state index contributed by atoms with van der Waals surface area (Å²) in [6, 6.07) is 0. The van der Waals surface area contributed by atoms with Crippen molar-refractivity contribution in [2.45, 2.75) is 46.1 Å². The molecule has 0 saturated carbocycles. The van der Waals surface area contributed by atoms with Crippen LogP contribution >= 0.6 is 0 Å². The van der Waals surface area contributed by atoms with Crippen molar-refractivity contribution in [3.8, 4) is 0 Å². The lowest BCUT2D eigenvalue weighted by atomic mass is 9.91. The third-order valence-corrected chi connectivity index (χ3v) is 3.27. The molecule has 1 fully saturated rings. The molecule has 1 aliphatic rings. The SMILES string of the molecule is C[C@H]1CN(C(=O)OC(C)(C)C)CCC[C@@H]1CN. The molecule has 0 bridgehead atoms. The molecule has 17 heavy (non-hydrogen) atoms. The first-order valence-electron chi connectivity index (χ1n) is 6.51. The Hall–Kier alpha value is -0.770. The fraction of sp³-hybridized carbons (Fsp3) is 0.923. The van der Waals surface area contributed by atoms with Crippen molar-refractivity contribution >= 4 is 6.09 Å². The molecular formula is C13H26N2O2. The van der Waals surface area contributed by atoms with E-state index in [1.54, 1.807) is 0 Å². The van der Waals surface area contributed by atoms with E-state index in [9.17, 15) is 4.79 Å². The minimum Gasteiger partial charge on any atom is -0.444 e. The van der Waals surface area contributed by atoms with E-state index in [4.69, 9.17) is 10.5 Å². The summed E-state index contributed by atoms with van der Waals surface area (Å²) in [6.45, 7) is 10.1. The predicted molar refractivity (Wildman–Crippen MR) is 68.7 cm³/mol. The molecule has 0 spiro atoms. The molecule has 4 nitrogen and oxygen atoms in total. The Morgan fingerprint density at radius 3 is 2.65 bits per heavy atom. The van der Waals surface area contributed by atoms with Crippen LogP contribution in [0.2, 0.25) is 0 Å². The zero-order chi connectivity index (χ0) is 13.1. The van der Waals surface area contributed by atoms with Crippen LogP contribution in [0.4, 0.5) is 4.79 Å². The Balaban J connectivity index is 2.57. The van der Waals surface area contributed by atoms with Gasteiger partial charge in [0.2, 0.25) is 0 Å². The first-order chi connectivity index (χ1) is 7.83. The maximum absolute atomic E-state index is 12.0. The van der Waals surface area contributed by atoms with Crippen molar-refractivity contribution in [2.24, 2.45) is 17.6 Å². The molecule has 4 heteroatoms. The molecule has 0 aromatic rings. The fourth-order valence-electron chi connectivity index (χ4n) is 2.26. The van der Waals surface area contributed by atoms with Crippen LogP contribution in [0.3, 0.4) is 0 Å². The van der Waals surface area contributed by atoms with Gasteiger partial charge in [-0.3, -0.25) is 0 Å². The number of hydrogen-bond donors (Lipinski definition) is 1. The topological polar surface area (TPSA) is 55.6 Å². The van der Waals surface area contributed by atoms with E-state index >= 15 is 0 Å². The van der Waals surface area contributed by atoms with Crippen molar-refractivity contribution < 1.29 is 9.53 Å². The van der Waals surface area contributed by atoms with Gasteiger partial charge in [0.05, 0.1) is 0 Å². The summed E-state index contributed by atoms with van der Waals surface area (Å²) in [5, 5.41) is 0. The summed E-state index contributed by atoms with van der Waals surface area (Å²) >= 11 is 0. The Bertz CT molecular complexity index is 261. The second-order valence-electron chi connectivity index (χ2n) is 6.04. The van der Waals surface area contributed by atoms with Crippen LogP contribution in [0.25, 0.3) is 0 Å². The van der Waals surface area contributed by atoms with E-state index in [2.05, 4.69) is 6.92 Å². The molecular weight excluding hydrogens is 216 g/mol. The molecule has 1 saturated heterocycles. The molecule has 0 aromatic carbocycles. The summed E-state index contributed by atoms with van der Waals surface area (Å²) in [4.78, 5) is 13.8. The molecule has 1 amide bonds. The van der Waals surface area contributed by atoms with Gasteiger partial charge < -0.3 is 15.4 Å². The van der Waals surface area contributed by atoms with Crippen molar-refractivity contribution in [2.75, 3.05) is 19.6 Å². The average molecular weight is 242 g/mol. The van der Waals surface area contributed by atoms with E-state index in [0.717, 1.165) is 25.9 Å². The van der Waals surface area contributed by atoms with E-state index < -0.39 is 5.60 Å². The van der Waals surface area contributed by atoms with Crippen molar-refractivity contribution in [1.29, 1.82) is 0 Å². The number of carbonyl (C=O) groups is 1. The predicted octanol–water partition coefficient (Wildman–Crippen LogP) is 2.23. The Labute approximate surface area is 104 Å². The van der Waals surface area contributed by atoms with Crippen LogP contribution in [0.1, 0.15) is 40.5 Å². The van der Waals surface area contributed by atoms with E-state index in [1.807, 2.05) is 25.7 Å². The van der Waals surface area contributed by atoms with Gasteiger partial charge in [-0.25, -0.2) is 4.79 Å². The van der Waals surface area contributed by atoms with Gasteiger partial charge in [-0.2, -0.15) is 0 Å². The average Bonchev–Trinajstić information content (AvgIpc) is 2.37. The highest BCUT2D eigenvalue weighted by Crippen LogP contribution is 2.23. The molecule has 0 aromatic heterocycles. The summed E-state index contributed by atoms with van der Waals surface area (Å²) < 4.78 is 5.41. The zero-order valence-electron chi connectivity index (χ0n) is 11.5. The second kappa shape index (κ2) is 5.71. The van der Waals surface area contributed by atoms with Crippen molar-refractivity contribution in [3.63, 3.8) is 0 Å². The van der Waals surface area contributed by atoms with Gasteiger partial charge in [0.25, 0.3) is 0 Å². The lowest BCUT2D eigenvalue weighted by molar-refractivity contribution is 0.0232. The van der Waals surface area contributed by atoms with Gasteiger partial charge in [0.1, 0.15) is 5.60 Å². The molecule has 100 valence electrons. The molecule has 0 aliphatic carbocycles. The summed E-state index contributed by atoms with van der Waals surface area (Å²) in [5.41, 5.74) is 5.33.